The molecule has 1 aromatic carbocycles. The van der Waals surface area contributed by atoms with Gasteiger partial charge in [-0.3, -0.25) is 14.3 Å². The van der Waals surface area contributed by atoms with Crippen molar-refractivity contribution >= 4 is 16.5 Å². The molecule has 20 heavy (non-hydrogen) atoms. The van der Waals surface area contributed by atoms with E-state index in [1.165, 1.54) is 0 Å². The fourth-order valence-corrected chi connectivity index (χ4v) is 2.33. The van der Waals surface area contributed by atoms with Crippen LogP contribution < -0.4 is 5.32 Å². The SMILES string of the molecule is Cc1ccc(C(C)NCCC(C)S(C)=O)cc1[N+](=O)[O-]. The third-order valence-electron chi connectivity index (χ3n) is 3.50. The maximum absolute atomic E-state index is 11.3. The third-order valence-corrected chi connectivity index (χ3v) is 4.87. The maximum Gasteiger partial charge on any atom is 0.272 e. The summed E-state index contributed by atoms with van der Waals surface area (Å²) in [6, 6.07) is 5.33. The van der Waals surface area contributed by atoms with Gasteiger partial charge in [-0.25, -0.2) is 0 Å². The zero-order valence-corrected chi connectivity index (χ0v) is 13.2. The van der Waals surface area contributed by atoms with Crippen LogP contribution in [0.3, 0.4) is 0 Å². The normalized spacial score (nSPS) is 15.6. The molecular weight excluding hydrogens is 276 g/mol. The Morgan fingerprint density at radius 2 is 2.05 bits per heavy atom. The van der Waals surface area contributed by atoms with E-state index in [0.29, 0.717) is 5.56 Å². The minimum absolute atomic E-state index is 0.0341. The summed E-state index contributed by atoms with van der Waals surface area (Å²) in [5.41, 5.74) is 1.72. The molecule has 0 radical (unpaired) electrons. The molecule has 0 fully saturated rings. The number of benzene rings is 1. The van der Waals surface area contributed by atoms with E-state index in [-0.39, 0.29) is 21.9 Å². The molecule has 0 spiro atoms. The van der Waals surface area contributed by atoms with E-state index in [1.54, 1.807) is 25.3 Å². The third kappa shape index (κ3) is 4.68. The highest BCUT2D eigenvalue weighted by molar-refractivity contribution is 7.84. The molecular formula is C14H22N2O3S. The summed E-state index contributed by atoms with van der Waals surface area (Å²) in [6.45, 7) is 6.41. The number of hydrogen-bond acceptors (Lipinski definition) is 4. The Hall–Kier alpha value is -1.27. The van der Waals surface area contributed by atoms with Crippen LogP contribution in [0.15, 0.2) is 18.2 Å². The van der Waals surface area contributed by atoms with Gasteiger partial charge in [-0.05, 0) is 32.4 Å². The first-order valence-corrected chi connectivity index (χ1v) is 8.25. The molecule has 0 aliphatic heterocycles. The fourth-order valence-electron chi connectivity index (χ4n) is 1.88. The van der Waals surface area contributed by atoms with Crippen molar-refractivity contribution in [3.63, 3.8) is 0 Å². The summed E-state index contributed by atoms with van der Waals surface area (Å²) < 4.78 is 11.3. The van der Waals surface area contributed by atoms with Crippen molar-refractivity contribution in [3.05, 3.63) is 39.4 Å². The Kier molecular flexibility index (Phi) is 6.29. The summed E-state index contributed by atoms with van der Waals surface area (Å²) in [6.07, 6.45) is 2.53. The van der Waals surface area contributed by atoms with E-state index < -0.39 is 10.8 Å². The van der Waals surface area contributed by atoms with Gasteiger partial charge in [0.2, 0.25) is 0 Å². The summed E-state index contributed by atoms with van der Waals surface area (Å²) in [5, 5.41) is 14.4. The number of nitro benzene ring substituents is 1. The minimum atomic E-state index is -0.812. The van der Waals surface area contributed by atoms with E-state index in [9.17, 15) is 14.3 Å². The molecule has 0 aromatic heterocycles. The van der Waals surface area contributed by atoms with Crippen molar-refractivity contribution in [2.45, 2.75) is 38.5 Å². The molecule has 0 aliphatic carbocycles. The molecule has 1 N–H and O–H groups in total. The molecule has 5 nitrogen and oxygen atoms in total. The van der Waals surface area contributed by atoms with Gasteiger partial charge in [-0.1, -0.05) is 19.1 Å². The van der Waals surface area contributed by atoms with Crippen LogP contribution in [0.4, 0.5) is 5.69 Å². The zero-order valence-electron chi connectivity index (χ0n) is 12.4. The van der Waals surface area contributed by atoms with Gasteiger partial charge in [0, 0.05) is 40.0 Å². The second-order valence-corrected chi connectivity index (χ2v) is 6.88. The average molecular weight is 298 g/mol. The summed E-state index contributed by atoms with van der Waals surface area (Å²) >= 11 is 0. The van der Waals surface area contributed by atoms with Gasteiger partial charge in [0.05, 0.1) is 4.92 Å². The fraction of sp³-hybridized carbons (Fsp3) is 0.571. The topological polar surface area (TPSA) is 72.2 Å². The van der Waals surface area contributed by atoms with E-state index in [1.807, 2.05) is 19.9 Å². The number of nitrogens with zero attached hydrogens (tertiary/aromatic N) is 1. The van der Waals surface area contributed by atoms with Gasteiger partial charge < -0.3 is 5.32 Å². The highest BCUT2D eigenvalue weighted by Gasteiger charge is 2.14. The standard InChI is InChI=1S/C14H22N2O3S/c1-10-5-6-13(9-14(10)16(17)18)12(3)15-8-7-11(2)20(4)19/h5-6,9,11-12,15H,7-8H2,1-4H3. The molecule has 0 amide bonds. The van der Waals surface area contributed by atoms with Crippen LogP contribution in [0.2, 0.25) is 0 Å². The smallest absolute Gasteiger partial charge is 0.272 e. The predicted molar refractivity (Wildman–Crippen MR) is 82.4 cm³/mol. The lowest BCUT2D eigenvalue weighted by atomic mass is 10.0. The van der Waals surface area contributed by atoms with Crippen molar-refractivity contribution in [2.24, 2.45) is 0 Å². The summed E-state index contributed by atoms with van der Waals surface area (Å²) in [5.74, 6) is 0. The Balaban J connectivity index is 2.64. The summed E-state index contributed by atoms with van der Waals surface area (Å²) in [7, 11) is -0.812. The first kappa shape index (κ1) is 16.8. The lowest BCUT2D eigenvalue weighted by Crippen LogP contribution is -2.24. The van der Waals surface area contributed by atoms with Crippen molar-refractivity contribution in [1.29, 1.82) is 0 Å². The number of nitro groups is 1. The van der Waals surface area contributed by atoms with Crippen molar-refractivity contribution in [1.82, 2.24) is 5.32 Å². The van der Waals surface area contributed by atoms with E-state index in [0.717, 1.165) is 18.5 Å². The van der Waals surface area contributed by atoms with Gasteiger partial charge in [-0.15, -0.1) is 0 Å². The van der Waals surface area contributed by atoms with Gasteiger partial charge >= 0.3 is 0 Å². The van der Waals surface area contributed by atoms with Crippen molar-refractivity contribution in [3.8, 4) is 0 Å². The second-order valence-electron chi connectivity index (χ2n) is 5.08. The van der Waals surface area contributed by atoms with Gasteiger partial charge in [0.15, 0.2) is 0 Å². The summed E-state index contributed by atoms with van der Waals surface area (Å²) in [4.78, 5) is 10.6. The Labute approximate surface area is 122 Å². The van der Waals surface area contributed by atoms with Gasteiger partial charge in [0.25, 0.3) is 5.69 Å². The van der Waals surface area contributed by atoms with Crippen molar-refractivity contribution < 1.29 is 9.13 Å². The van der Waals surface area contributed by atoms with Crippen LogP contribution in [0.1, 0.15) is 37.4 Å². The van der Waals surface area contributed by atoms with Crippen LogP contribution in [-0.2, 0) is 10.8 Å². The Bertz CT molecular complexity index is 505. The van der Waals surface area contributed by atoms with Crippen LogP contribution in [-0.4, -0.2) is 27.2 Å². The molecule has 1 rings (SSSR count). The molecule has 0 heterocycles. The van der Waals surface area contributed by atoms with Crippen LogP contribution >= 0.6 is 0 Å². The highest BCUT2D eigenvalue weighted by atomic mass is 32.2. The molecule has 3 unspecified atom stereocenters. The molecule has 6 heteroatoms. The number of nitrogens with one attached hydrogen (secondary N) is 1. The maximum atomic E-state index is 11.3. The first-order chi connectivity index (χ1) is 9.32. The van der Waals surface area contributed by atoms with Crippen LogP contribution in [0, 0.1) is 17.0 Å². The minimum Gasteiger partial charge on any atom is -0.310 e. The van der Waals surface area contributed by atoms with E-state index in [2.05, 4.69) is 5.32 Å². The Morgan fingerprint density at radius 1 is 1.40 bits per heavy atom. The number of hydrogen-bond donors (Lipinski definition) is 1. The molecule has 0 bridgehead atoms. The van der Waals surface area contributed by atoms with Gasteiger partial charge in [-0.2, -0.15) is 0 Å². The zero-order chi connectivity index (χ0) is 15.3. The molecule has 112 valence electrons. The van der Waals surface area contributed by atoms with Gasteiger partial charge in [0.1, 0.15) is 0 Å². The molecule has 0 saturated heterocycles. The monoisotopic (exact) mass is 298 g/mol. The van der Waals surface area contributed by atoms with E-state index in [4.69, 9.17) is 0 Å². The average Bonchev–Trinajstić information content (AvgIpc) is 2.38. The van der Waals surface area contributed by atoms with Crippen LogP contribution in [0.25, 0.3) is 0 Å². The molecule has 1 aromatic rings. The lowest BCUT2D eigenvalue weighted by molar-refractivity contribution is -0.385. The molecule has 3 atom stereocenters. The van der Waals surface area contributed by atoms with E-state index >= 15 is 0 Å². The molecule has 0 aliphatic rings. The van der Waals surface area contributed by atoms with Crippen molar-refractivity contribution in [2.75, 3.05) is 12.8 Å². The lowest BCUT2D eigenvalue weighted by Gasteiger charge is -2.16. The van der Waals surface area contributed by atoms with Crippen LogP contribution in [0.5, 0.6) is 0 Å². The molecule has 0 saturated carbocycles. The quantitative estimate of drug-likeness (QED) is 0.620. The largest absolute Gasteiger partial charge is 0.310 e. The number of rotatable bonds is 7. The predicted octanol–water partition coefficient (Wildman–Crippen LogP) is 2.71. The Morgan fingerprint density at radius 3 is 2.60 bits per heavy atom. The first-order valence-electron chi connectivity index (χ1n) is 6.63. The number of aryl methyl sites for hydroxylation is 1. The second kappa shape index (κ2) is 7.50. The highest BCUT2D eigenvalue weighted by Crippen LogP contribution is 2.23.